The Morgan fingerprint density at radius 3 is 2.45 bits per heavy atom. The molecular formula is C4H7N5O2. The van der Waals surface area contributed by atoms with Gasteiger partial charge in [-0.2, -0.15) is 4.98 Å². The number of nitrogens with two attached hydrogens (primary N) is 3. The van der Waals surface area contributed by atoms with Crippen molar-refractivity contribution in [1.29, 1.82) is 0 Å². The molecule has 7 nitrogen and oxygen atoms in total. The second kappa shape index (κ2) is 2.04. The Balaban J connectivity index is 3.59. The Morgan fingerprint density at radius 2 is 1.91 bits per heavy atom. The zero-order chi connectivity index (χ0) is 8.59. The van der Waals surface area contributed by atoms with Crippen molar-refractivity contribution in [1.82, 2.24) is 9.71 Å². The van der Waals surface area contributed by atoms with Crippen LogP contribution in [-0.2, 0) is 0 Å². The molecule has 0 unspecified atom stereocenters. The van der Waals surface area contributed by atoms with Crippen molar-refractivity contribution in [3.63, 3.8) is 0 Å². The molecule has 0 bridgehead atoms. The van der Waals surface area contributed by atoms with Crippen LogP contribution in [0.15, 0.2) is 4.79 Å². The van der Waals surface area contributed by atoms with Crippen LogP contribution in [0.25, 0.3) is 0 Å². The van der Waals surface area contributed by atoms with Crippen molar-refractivity contribution in [2.24, 2.45) is 0 Å². The minimum Gasteiger partial charge on any atom is -0.422 e. The third-order valence-corrected chi connectivity index (χ3v) is 1.18. The molecule has 0 aliphatic carbocycles. The summed E-state index contributed by atoms with van der Waals surface area (Å²) in [7, 11) is 0. The molecule has 7 N–H and O–H groups in total. The van der Waals surface area contributed by atoms with Crippen molar-refractivity contribution >= 4 is 17.3 Å². The highest BCUT2D eigenvalue weighted by atomic mass is 16.5. The van der Waals surface area contributed by atoms with E-state index in [2.05, 4.69) is 4.98 Å². The topological polar surface area (TPSA) is 133 Å². The van der Waals surface area contributed by atoms with E-state index in [0.717, 1.165) is 0 Å². The molecule has 0 aliphatic heterocycles. The summed E-state index contributed by atoms with van der Waals surface area (Å²) in [6.07, 6.45) is 0. The summed E-state index contributed by atoms with van der Waals surface area (Å²) in [4.78, 5) is 13.8. The van der Waals surface area contributed by atoms with Gasteiger partial charge in [0.25, 0.3) is 0 Å². The van der Waals surface area contributed by atoms with E-state index in [1.807, 2.05) is 0 Å². The summed E-state index contributed by atoms with van der Waals surface area (Å²) in [6.45, 7) is 0. The number of rotatable bonds is 0. The van der Waals surface area contributed by atoms with Gasteiger partial charge in [0.05, 0.1) is 0 Å². The third kappa shape index (κ3) is 0.914. The van der Waals surface area contributed by atoms with Gasteiger partial charge >= 0.3 is 5.69 Å². The first-order valence-electron chi connectivity index (χ1n) is 2.66. The monoisotopic (exact) mass is 157 g/mol. The molecule has 1 aromatic heterocycles. The first-order chi connectivity index (χ1) is 5.04. The lowest BCUT2D eigenvalue weighted by atomic mass is 10.4. The van der Waals surface area contributed by atoms with Crippen molar-refractivity contribution in [2.45, 2.75) is 0 Å². The van der Waals surface area contributed by atoms with Gasteiger partial charge < -0.3 is 22.4 Å². The zero-order valence-electron chi connectivity index (χ0n) is 5.48. The molecule has 60 valence electrons. The standard InChI is InChI=1S/C4H7N5O2/c5-1-2(6)8-4(10)9(11)3(1)7/h11H,5,7H2,(H2,6,8,10). The van der Waals surface area contributed by atoms with Gasteiger partial charge in [0.1, 0.15) is 5.69 Å². The lowest BCUT2D eigenvalue weighted by molar-refractivity contribution is 0.177. The van der Waals surface area contributed by atoms with Gasteiger partial charge in [0, 0.05) is 0 Å². The SMILES string of the molecule is Nc1nc(=O)n(O)c(N)c1N. The minimum absolute atomic E-state index is 0.105. The lowest BCUT2D eigenvalue weighted by Gasteiger charge is -2.04. The zero-order valence-corrected chi connectivity index (χ0v) is 5.48. The van der Waals surface area contributed by atoms with Crippen LogP contribution in [0.3, 0.4) is 0 Å². The maximum atomic E-state index is 10.6. The minimum atomic E-state index is -0.950. The Labute approximate surface area is 61.0 Å². The largest absolute Gasteiger partial charge is 0.422 e. The van der Waals surface area contributed by atoms with Crippen LogP contribution in [0, 0.1) is 0 Å². The van der Waals surface area contributed by atoms with E-state index < -0.39 is 5.69 Å². The maximum absolute atomic E-state index is 10.6. The third-order valence-electron chi connectivity index (χ3n) is 1.18. The number of anilines is 3. The van der Waals surface area contributed by atoms with E-state index in [1.165, 1.54) is 0 Å². The van der Waals surface area contributed by atoms with Crippen molar-refractivity contribution in [3.8, 4) is 0 Å². The molecule has 1 rings (SSSR count). The normalized spacial score (nSPS) is 9.82. The van der Waals surface area contributed by atoms with E-state index in [0.29, 0.717) is 0 Å². The first-order valence-corrected chi connectivity index (χ1v) is 2.66. The molecule has 0 aliphatic rings. The van der Waals surface area contributed by atoms with E-state index in [-0.39, 0.29) is 22.1 Å². The second-order valence-corrected chi connectivity index (χ2v) is 1.89. The van der Waals surface area contributed by atoms with Crippen molar-refractivity contribution in [3.05, 3.63) is 10.5 Å². The Hall–Kier alpha value is -1.92. The molecule has 1 heterocycles. The summed E-state index contributed by atoms with van der Waals surface area (Å²) >= 11 is 0. The molecule has 0 fully saturated rings. The highest BCUT2D eigenvalue weighted by molar-refractivity contribution is 5.70. The highest BCUT2D eigenvalue weighted by Crippen LogP contribution is 2.14. The molecular weight excluding hydrogens is 150 g/mol. The molecule has 0 atom stereocenters. The maximum Gasteiger partial charge on any atom is 0.384 e. The fourth-order valence-corrected chi connectivity index (χ4v) is 0.559. The fraction of sp³-hybridized carbons (Fsp3) is 0. The molecule has 7 heteroatoms. The van der Waals surface area contributed by atoms with Crippen molar-refractivity contribution < 1.29 is 5.21 Å². The van der Waals surface area contributed by atoms with Gasteiger partial charge in [-0.15, -0.1) is 4.73 Å². The van der Waals surface area contributed by atoms with E-state index in [9.17, 15) is 4.79 Å². The van der Waals surface area contributed by atoms with Gasteiger partial charge in [0.15, 0.2) is 11.6 Å². The average molecular weight is 157 g/mol. The number of nitrogen functional groups attached to an aromatic ring is 3. The molecule has 0 aromatic carbocycles. The smallest absolute Gasteiger partial charge is 0.384 e. The van der Waals surface area contributed by atoms with Gasteiger partial charge in [0.2, 0.25) is 0 Å². The van der Waals surface area contributed by atoms with E-state index in [1.54, 1.807) is 0 Å². The summed E-state index contributed by atoms with van der Waals surface area (Å²) < 4.78 is 0.131. The predicted molar refractivity (Wildman–Crippen MR) is 38.9 cm³/mol. The average Bonchev–Trinajstić information content (AvgIpc) is 1.97. The van der Waals surface area contributed by atoms with Crippen LogP contribution in [0.5, 0.6) is 0 Å². The summed E-state index contributed by atoms with van der Waals surface area (Å²) in [5, 5.41) is 8.79. The van der Waals surface area contributed by atoms with Crippen LogP contribution in [0.1, 0.15) is 0 Å². The second-order valence-electron chi connectivity index (χ2n) is 1.89. The summed E-state index contributed by atoms with van der Waals surface area (Å²) in [5.41, 5.74) is 14.5. The fourth-order valence-electron chi connectivity index (χ4n) is 0.559. The molecule has 0 radical (unpaired) electrons. The summed E-state index contributed by atoms with van der Waals surface area (Å²) in [5.74, 6) is -0.486. The molecule has 0 amide bonds. The Kier molecular flexibility index (Phi) is 1.34. The molecule has 0 saturated carbocycles. The number of hydrogen-bond acceptors (Lipinski definition) is 6. The Morgan fingerprint density at radius 1 is 1.36 bits per heavy atom. The van der Waals surface area contributed by atoms with Crippen LogP contribution < -0.4 is 22.9 Å². The van der Waals surface area contributed by atoms with E-state index in [4.69, 9.17) is 22.4 Å². The van der Waals surface area contributed by atoms with Crippen LogP contribution in [-0.4, -0.2) is 14.9 Å². The van der Waals surface area contributed by atoms with Crippen LogP contribution in [0.4, 0.5) is 17.3 Å². The number of hydrogen-bond donors (Lipinski definition) is 4. The molecule has 0 saturated heterocycles. The van der Waals surface area contributed by atoms with Crippen LogP contribution in [0.2, 0.25) is 0 Å². The first kappa shape index (κ1) is 7.19. The molecule has 11 heavy (non-hydrogen) atoms. The molecule has 1 aromatic rings. The Bertz CT molecular complexity index is 343. The van der Waals surface area contributed by atoms with Gasteiger partial charge in [-0.05, 0) is 0 Å². The number of aromatic nitrogens is 2. The van der Waals surface area contributed by atoms with Crippen LogP contribution >= 0.6 is 0 Å². The van der Waals surface area contributed by atoms with Gasteiger partial charge in [-0.25, -0.2) is 4.79 Å². The summed E-state index contributed by atoms with van der Waals surface area (Å²) in [6, 6.07) is 0. The molecule has 0 spiro atoms. The highest BCUT2D eigenvalue weighted by Gasteiger charge is 2.07. The van der Waals surface area contributed by atoms with Gasteiger partial charge in [-0.1, -0.05) is 0 Å². The quantitative estimate of drug-likeness (QED) is 0.329. The van der Waals surface area contributed by atoms with E-state index >= 15 is 0 Å². The van der Waals surface area contributed by atoms with Gasteiger partial charge in [-0.3, -0.25) is 0 Å². The van der Waals surface area contributed by atoms with Crippen molar-refractivity contribution in [2.75, 3.05) is 17.2 Å². The lowest BCUT2D eigenvalue weighted by Crippen LogP contribution is -2.26. The predicted octanol–water partition coefficient (Wildman–Crippen LogP) is -1.77. The number of nitrogens with zero attached hydrogens (tertiary/aromatic N) is 2.